The molecule has 1 heterocycles. The lowest BCUT2D eigenvalue weighted by Crippen LogP contribution is -2.42. The van der Waals surface area contributed by atoms with E-state index in [9.17, 15) is 4.79 Å². The van der Waals surface area contributed by atoms with E-state index < -0.39 is 0 Å². The molecule has 0 unspecified atom stereocenters. The SMILES string of the molecule is CN(C)Cc1ccc(CNC(=O)NC[C@]2(C)CCCS2)cc1. The number of carbonyl (C=O) groups excluding carboxylic acids is 1. The topological polar surface area (TPSA) is 44.4 Å². The van der Waals surface area contributed by atoms with Crippen molar-refractivity contribution < 1.29 is 4.79 Å². The van der Waals surface area contributed by atoms with Crippen molar-refractivity contribution in [2.45, 2.75) is 37.6 Å². The standard InChI is InChI=1S/C17H27N3OS/c1-17(9-4-10-22-17)13-19-16(21)18-11-14-5-7-15(8-6-14)12-20(2)3/h5-8H,4,9-13H2,1-3H3,(H2,18,19,21)/t17-/m0/s1. The number of thioether (sulfide) groups is 1. The summed E-state index contributed by atoms with van der Waals surface area (Å²) < 4.78 is 0.213. The maximum Gasteiger partial charge on any atom is 0.315 e. The van der Waals surface area contributed by atoms with E-state index in [0.29, 0.717) is 6.54 Å². The third kappa shape index (κ3) is 5.54. The molecule has 1 atom stereocenters. The van der Waals surface area contributed by atoms with Crippen LogP contribution in [0.2, 0.25) is 0 Å². The van der Waals surface area contributed by atoms with Gasteiger partial charge in [-0.05, 0) is 50.7 Å². The number of urea groups is 1. The van der Waals surface area contributed by atoms with Crippen LogP contribution in [0.1, 0.15) is 30.9 Å². The summed E-state index contributed by atoms with van der Waals surface area (Å²) in [6.45, 7) is 4.47. The number of carbonyl (C=O) groups is 1. The molecule has 0 aliphatic carbocycles. The fourth-order valence-corrected chi connectivity index (χ4v) is 3.86. The molecule has 22 heavy (non-hydrogen) atoms. The van der Waals surface area contributed by atoms with Gasteiger partial charge in [-0.15, -0.1) is 0 Å². The van der Waals surface area contributed by atoms with Gasteiger partial charge < -0.3 is 15.5 Å². The van der Waals surface area contributed by atoms with E-state index in [-0.39, 0.29) is 10.8 Å². The zero-order valence-electron chi connectivity index (χ0n) is 13.8. The Hall–Kier alpha value is -1.20. The predicted molar refractivity (Wildman–Crippen MR) is 94.2 cm³/mol. The minimum Gasteiger partial charge on any atom is -0.337 e. The lowest BCUT2D eigenvalue weighted by Gasteiger charge is -2.22. The highest BCUT2D eigenvalue weighted by atomic mass is 32.2. The normalized spacial score (nSPS) is 21.1. The highest BCUT2D eigenvalue weighted by molar-refractivity contribution is 8.00. The Labute approximate surface area is 138 Å². The molecule has 2 N–H and O–H groups in total. The molecule has 5 heteroatoms. The number of benzene rings is 1. The first kappa shape index (κ1) is 17.2. The van der Waals surface area contributed by atoms with Crippen molar-refractivity contribution in [3.05, 3.63) is 35.4 Å². The van der Waals surface area contributed by atoms with Crippen LogP contribution in [0.15, 0.2) is 24.3 Å². The zero-order valence-corrected chi connectivity index (χ0v) is 14.6. The van der Waals surface area contributed by atoms with Crippen molar-refractivity contribution in [1.82, 2.24) is 15.5 Å². The molecule has 122 valence electrons. The summed E-state index contributed by atoms with van der Waals surface area (Å²) >= 11 is 1.96. The Balaban J connectivity index is 1.71. The van der Waals surface area contributed by atoms with Crippen LogP contribution in [0.4, 0.5) is 4.79 Å². The van der Waals surface area contributed by atoms with Crippen molar-refractivity contribution in [3.63, 3.8) is 0 Å². The van der Waals surface area contributed by atoms with Crippen molar-refractivity contribution in [2.75, 3.05) is 26.4 Å². The van der Waals surface area contributed by atoms with E-state index in [1.807, 2.05) is 11.8 Å². The van der Waals surface area contributed by atoms with Gasteiger partial charge in [0.05, 0.1) is 0 Å². The molecule has 1 aliphatic rings. The highest BCUT2D eigenvalue weighted by Gasteiger charge is 2.29. The summed E-state index contributed by atoms with van der Waals surface area (Å²) in [4.78, 5) is 14.0. The van der Waals surface area contributed by atoms with Crippen molar-refractivity contribution in [2.24, 2.45) is 0 Å². The first-order valence-corrected chi connectivity index (χ1v) is 8.84. The Morgan fingerprint density at radius 1 is 1.23 bits per heavy atom. The third-order valence-electron chi connectivity index (χ3n) is 3.90. The maximum absolute atomic E-state index is 11.9. The van der Waals surface area contributed by atoms with Gasteiger partial charge in [0.1, 0.15) is 0 Å². The molecular weight excluding hydrogens is 294 g/mol. The van der Waals surface area contributed by atoms with Crippen LogP contribution in [-0.2, 0) is 13.1 Å². The zero-order chi connectivity index (χ0) is 16.0. The second-order valence-corrected chi connectivity index (χ2v) is 8.17. The summed E-state index contributed by atoms with van der Waals surface area (Å²) in [5.41, 5.74) is 2.41. The maximum atomic E-state index is 11.9. The minimum atomic E-state index is -0.0777. The molecular formula is C17H27N3OS. The van der Waals surface area contributed by atoms with Crippen LogP contribution in [0.3, 0.4) is 0 Å². The number of nitrogens with zero attached hydrogens (tertiary/aromatic N) is 1. The van der Waals surface area contributed by atoms with Crippen LogP contribution in [-0.4, -0.2) is 42.1 Å². The van der Waals surface area contributed by atoms with E-state index in [4.69, 9.17) is 0 Å². The number of amides is 2. The average Bonchev–Trinajstić information content (AvgIpc) is 2.91. The molecule has 1 aromatic rings. The monoisotopic (exact) mass is 321 g/mol. The van der Waals surface area contributed by atoms with E-state index in [2.05, 4.69) is 60.8 Å². The predicted octanol–water partition coefficient (Wildman–Crippen LogP) is 2.83. The summed E-state index contributed by atoms with van der Waals surface area (Å²) in [6.07, 6.45) is 2.44. The van der Waals surface area contributed by atoms with Crippen LogP contribution in [0, 0.1) is 0 Å². The highest BCUT2D eigenvalue weighted by Crippen LogP contribution is 2.36. The second-order valence-electron chi connectivity index (χ2n) is 6.49. The van der Waals surface area contributed by atoms with Gasteiger partial charge in [-0.3, -0.25) is 0 Å². The fourth-order valence-electron chi connectivity index (χ4n) is 2.62. The number of hydrogen-bond acceptors (Lipinski definition) is 3. The summed E-state index contributed by atoms with van der Waals surface area (Å²) in [5, 5.41) is 5.93. The molecule has 1 fully saturated rings. The smallest absolute Gasteiger partial charge is 0.315 e. The molecule has 0 spiro atoms. The Morgan fingerprint density at radius 2 is 1.91 bits per heavy atom. The Kier molecular flexibility index (Phi) is 6.15. The van der Waals surface area contributed by atoms with Gasteiger partial charge in [0, 0.05) is 24.4 Å². The molecule has 2 rings (SSSR count). The number of nitrogens with one attached hydrogen (secondary N) is 2. The number of hydrogen-bond donors (Lipinski definition) is 2. The summed E-state index contributed by atoms with van der Waals surface area (Å²) in [5.74, 6) is 1.21. The van der Waals surface area contributed by atoms with Gasteiger partial charge in [0.2, 0.25) is 0 Å². The van der Waals surface area contributed by atoms with Crippen LogP contribution >= 0.6 is 11.8 Å². The van der Waals surface area contributed by atoms with Gasteiger partial charge in [-0.25, -0.2) is 4.79 Å². The first-order chi connectivity index (χ1) is 10.5. The van der Waals surface area contributed by atoms with Gasteiger partial charge in [-0.2, -0.15) is 11.8 Å². The summed E-state index contributed by atoms with van der Waals surface area (Å²) in [6, 6.07) is 8.31. The van der Waals surface area contributed by atoms with Gasteiger partial charge in [-0.1, -0.05) is 24.3 Å². The van der Waals surface area contributed by atoms with Crippen molar-refractivity contribution in [1.29, 1.82) is 0 Å². The second kappa shape index (κ2) is 7.88. The molecule has 0 radical (unpaired) electrons. The molecule has 4 nitrogen and oxygen atoms in total. The molecule has 1 aliphatic heterocycles. The largest absolute Gasteiger partial charge is 0.337 e. The fraction of sp³-hybridized carbons (Fsp3) is 0.588. The van der Waals surface area contributed by atoms with Crippen molar-refractivity contribution in [3.8, 4) is 0 Å². The lowest BCUT2D eigenvalue weighted by atomic mass is 10.1. The molecule has 1 saturated heterocycles. The van der Waals surface area contributed by atoms with Crippen LogP contribution in [0.25, 0.3) is 0 Å². The average molecular weight is 321 g/mol. The number of rotatable bonds is 6. The Bertz CT molecular complexity index is 481. The summed E-state index contributed by atoms with van der Waals surface area (Å²) in [7, 11) is 4.12. The van der Waals surface area contributed by atoms with E-state index in [0.717, 1.165) is 18.7 Å². The van der Waals surface area contributed by atoms with E-state index in [1.165, 1.54) is 24.2 Å². The molecule has 0 aromatic heterocycles. The lowest BCUT2D eigenvalue weighted by molar-refractivity contribution is 0.239. The van der Waals surface area contributed by atoms with Crippen molar-refractivity contribution >= 4 is 17.8 Å². The Morgan fingerprint density at radius 3 is 2.50 bits per heavy atom. The van der Waals surface area contributed by atoms with Gasteiger partial charge in [0.25, 0.3) is 0 Å². The van der Waals surface area contributed by atoms with E-state index >= 15 is 0 Å². The third-order valence-corrected chi connectivity index (χ3v) is 5.44. The molecule has 0 saturated carbocycles. The quantitative estimate of drug-likeness (QED) is 0.847. The van der Waals surface area contributed by atoms with Gasteiger partial charge >= 0.3 is 6.03 Å². The van der Waals surface area contributed by atoms with Gasteiger partial charge in [0.15, 0.2) is 0 Å². The van der Waals surface area contributed by atoms with Crippen LogP contribution < -0.4 is 10.6 Å². The molecule has 1 aromatic carbocycles. The minimum absolute atomic E-state index is 0.0777. The van der Waals surface area contributed by atoms with E-state index in [1.54, 1.807) is 0 Å². The molecule has 0 bridgehead atoms. The first-order valence-electron chi connectivity index (χ1n) is 7.85. The van der Waals surface area contributed by atoms with Crippen LogP contribution in [0.5, 0.6) is 0 Å². The molecule has 2 amide bonds.